The van der Waals surface area contributed by atoms with E-state index in [1.165, 1.54) is 0 Å². The quantitative estimate of drug-likeness (QED) is 0.871. The molecule has 0 aliphatic carbocycles. The van der Waals surface area contributed by atoms with Gasteiger partial charge in [0.1, 0.15) is 10.7 Å². The van der Waals surface area contributed by atoms with Crippen LogP contribution in [0.4, 0.5) is 0 Å². The van der Waals surface area contributed by atoms with Gasteiger partial charge in [-0.05, 0) is 41.7 Å². The first-order chi connectivity index (χ1) is 9.36. The van der Waals surface area contributed by atoms with Crippen molar-refractivity contribution in [3.63, 3.8) is 0 Å². The molecule has 0 radical (unpaired) electrons. The molecule has 2 rings (SSSR count). The molecule has 0 saturated carbocycles. The minimum atomic E-state index is -3.49. The van der Waals surface area contributed by atoms with Gasteiger partial charge < -0.3 is 9.73 Å². The highest BCUT2D eigenvalue weighted by Gasteiger charge is 2.38. The fourth-order valence-corrected chi connectivity index (χ4v) is 5.36. The fourth-order valence-electron chi connectivity index (χ4n) is 2.63. The van der Waals surface area contributed by atoms with Gasteiger partial charge in [-0.15, -0.1) is 0 Å². The standard InChI is InChI=1S/C13H21BrN2O3S/c1-4-15-7-11-6-12(13(14)19-11)20(17,18)16-8-9(2)5-10(16)3/h6,9-10,15H,4-5,7-8H2,1-3H3. The average molecular weight is 365 g/mol. The first kappa shape index (κ1) is 16.0. The Morgan fingerprint density at radius 1 is 1.50 bits per heavy atom. The van der Waals surface area contributed by atoms with Crippen molar-refractivity contribution in [3.05, 3.63) is 16.5 Å². The number of hydrogen-bond donors (Lipinski definition) is 1. The number of nitrogens with zero attached hydrogens (tertiary/aromatic N) is 1. The summed E-state index contributed by atoms with van der Waals surface area (Å²) >= 11 is 3.23. The predicted octanol–water partition coefficient (Wildman–Crippen LogP) is 2.57. The number of sulfonamides is 1. The Labute approximate surface area is 128 Å². The highest BCUT2D eigenvalue weighted by molar-refractivity contribution is 9.10. The molecule has 1 aromatic heterocycles. The molecule has 1 aromatic rings. The van der Waals surface area contributed by atoms with E-state index >= 15 is 0 Å². The van der Waals surface area contributed by atoms with Gasteiger partial charge in [0.05, 0.1) is 6.54 Å². The lowest BCUT2D eigenvalue weighted by molar-refractivity contribution is 0.403. The molecule has 1 aliphatic rings. The molecule has 2 atom stereocenters. The van der Waals surface area contributed by atoms with E-state index in [-0.39, 0.29) is 15.6 Å². The minimum absolute atomic E-state index is 0.0361. The van der Waals surface area contributed by atoms with E-state index in [1.807, 2.05) is 13.8 Å². The van der Waals surface area contributed by atoms with Gasteiger partial charge in [-0.25, -0.2) is 8.42 Å². The summed E-state index contributed by atoms with van der Waals surface area (Å²) in [6.45, 7) is 7.92. The van der Waals surface area contributed by atoms with E-state index in [0.29, 0.717) is 24.8 Å². The summed E-state index contributed by atoms with van der Waals surface area (Å²) in [5.74, 6) is 1.02. The molecule has 114 valence electrons. The molecule has 1 fully saturated rings. The Morgan fingerprint density at radius 2 is 2.20 bits per heavy atom. The van der Waals surface area contributed by atoms with Crippen LogP contribution < -0.4 is 5.32 Å². The molecular formula is C13H21BrN2O3S. The smallest absolute Gasteiger partial charge is 0.247 e. The van der Waals surface area contributed by atoms with Gasteiger partial charge in [0.15, 0.2) is 4.67 Å². The van der Waals surface area contributed by atoms with Crippen molar-refractivity contribution in [1.82, 2.24) is 9.62 Å². The molecule has 0 amide bonds. The molecule has 1 aliphatic heterocycles. The molecule has 7 heteroatoms. The molecule has 1 saturated heterocycles. The Hall–Kier alpha value is -0.370. The van der Waals surface area contributed by atoms with Crippen LogP contribution in [0.15, 0.2) is 20.0 Å². The molecule has 0 aromatic carbocycles. The summed E-state index contributed by atoms with van der Waals surface area (Å²) in [5, 5.41) is 3.12. The van der Waals surface area contributed by atoms with E-state index in [0.717, 1.165) is 13.0 Å². The molecule has 5 nitrogen and oxygen atoms in total. The zero-order chi connectivity index (χ0) is 14.9. The van der Waals surface area contributed by atoms with Crippen molar-refractivity contribution < 1.29 is 12.8 Å². The Morgan fingerprint density at radius 3 is 2.75 bits per heavy atom. The van der Waals surface area contributed by atoms with Crippen LogP contribution in [0, 0.1) is 5.92 Å². The maximum Gasteiger partial charge on any atom is 0.247 e. The summed E-state index contributed by atoms with van der Waals surface area (Å²) in [6.07, 6.45) is 0.902. The minimum Gasteiger partial charge on any atom is -0.452 e. The summed E-state index contributed by atoms with van der Waals surface area (Å²) in [5.41, 5.74) is 0. The largest absolute Gasteiger partial charge is 0.452 e. The molecule has 1 N–H and O–H groups in total. The van der Waals surface area contributed by atoms with Crippen LogP contribution in [0.25, 0.3) is 0 Å². The SMILES string of the molecule is CCNCc1cc(S(=O)(=O)N2CC(C)CC2C)c(Br)o1. The maximum absolute atomic E-state index is 12.7. The van der Waals surface area contributed by atoms with Crippen LogP contribution in [-0.4, -0.2) is 31.9 Å². The normalized spacial score (nSPS) is 24.4. The van der Waals surface area contributed by atoms with Crippen LogP contribution in [-0.2, 0) is 16.6 Å². The second-order valence-electron chi connectivity index (χ2n) is 5.40. The van der Waals surface area contributed by atoms with Crippen molar-refractivity contribution in [3.8, 4) is 0 Å². The van der Waals surface area contributed by atoms with Gasteiger partial charge in [0.25, 0.3) is 0 Å². The lowest BCUT2D eigenvalue weighted by atomic mass is 10.1. The maximum atomic E-state index is 12.7. The third-order valence-corrected chi connectivity index (χ3v) is 6.41. The lowest BCUT2D eigenvalue weighted by Crippen LogP contribution is -2.33. The third-order valence-electron chi connectivity index (χ3n) is 3.57. The van der Waals surface area contributed by atoms with Gasteiger partial charge in [0, 0.05) is 18.7 Å². The van der Waals surface area contributed by atoms with Crippen molar-refractivity contribution in [1.29, 1.82) is 0 Å². The molecule has 0 bridgehead atoms. The van der Waals surface area contributed by atoms with Crippen molar-refractivity contribution in [2.24, 2.45) is 5.92 Å². The van der Waals surface area contributed by atoms with Gasteiger partial charge in [0.2, 0.25) is 10.0 Å². The summed E-state index contributed by atoms with van der Waals surface area (Å²) in [6, 6.07) is 1.65. The first-order valence-electron chi connectivity index (χ1n) is 6.87. The van der Waals surface area contributed by atoms with Crippen molar-refractivity contribution in [2.75, 3.05) is 13.1 Å². The second kappa shape index (κ2) is 6.17. The zero-order valence-corrected chi connectivity index (χ0v) is 14.4. The van der Waals surface area contributed by atoms with E-state index < -0.39 is 10.0 Å². The number of halogens is 1. The number of nitrogens with one attached hydrogen (secondary N) is 1. The monoisotopic (exact) mass is 364 g/mol. The summed E-state index contributed by atoms with van der Waals surface area (Å²) < 4.78 is 32.8. The Bertz CT molecular complexity index is 570. The zero-order valence-electron chi connectivity index (χ0n) is 12.0. The summed E-state index contributed by atoms with van der Waals surface area (Å²) in [7, 11) is -3.49. The van der Waals surface area contributed by atoms with Crippen molar-refractivity contribution in [2.45, 2.75) is 44.7 Å². The van der Waals surface area contributed by atoms with E-state index in [9.17, 15) is 8.42 Å². The van der Waals surface area contributed by atoms with Gasteiger partial charge in [-0.3, -0.25) is 0 Å². The fraction of sp³-hybridized carbons (Fsp3) is 0.692. The van der Waals surface area contributed by atoms with Gasteiger partial charge >= 0.3 is 0 Å². The number of furan rings is 1. The predicted molar refractivity (Wildman–Crippen MR) is 80.9 cm³/mol. The molecular weight excluding hydrogens is 344 g/mol. The average Bonchev–Trinajstić information content (AvgIpc) is 2.90. The van der Waals surface area contributed by atoms with Crippen LogP contribution >= 0.6 is 15.9 Å². The van der Waals surface area contributed by atoms with E-state index in [4.69, 9.17) is 4.42 Å². The molecule has 2 unspecified atom stereocenters. The van der Waals surface area contributed by atoms with Crippen LogP contribution in [0.1, 0.15) is 33.0 Å². The Kier molecular flexibility index (Phi) is 4.94. The summed E-state index contributed by atoms with van der Waals surface area (Å²) in [4.78, 5) is 0.228. The Balaban J connectivity index is 2.28. The highest BCUT2D eigenvalue weighted by atomic mass is 79.9. The molecule has 20 heavy (non-hydrogen) atoms. The van der Waals surface area contributed by atoms with Crippen LogP contribution in [0.3, 0.4) is 0 Å². The van der Waals surface area contributed by atoms with Crippen molar-refractivity contribution >= 4 is 26.0 Å². The van der Waals surface area contributed by atoms with E-state index in [1.54, 1.807) is 10.4 Å². The van der Waals surface area contributed by atoms with Gasteiger partial charge in [-0.2, -0.15) is 4.31 Å². The van der Waals surface area contributed by atoms with Crippen LogP contribution in [0.5, 0.6) is 0 Å². The topological polar surface area (TPSA) is 62.6 Å². The number of rotatable bonds is 5. The number of hydrogen-bond acceptors (Lipinski definition) is 4. The molecule has 0 spiro atoms. The highest BCUT2D eigenvalue weighted by Crippen LogP contribution is 2.34. The third kappa shape index (κ3) is 3.10. The van der Waals surface area contributed by atoms with Crippen LogP contribution in [0.2, 0.25) is 0 Å². The van der Waals surface area contributed by atoms with Gasteiger partial charge in [-0.1, -0.05) is 13.8 Å². The van der Waals surface area contributed by atoms with E-state index in [2.05, 4.69) is 28.2 Å². The first-order valence-corrected chi connectivity index (χ1v) is 9.10. The lowest BCUT2D eigenvalue weighted by Gasteiger charge is -2.20. The second-order valence-corrected chi connectivity index (χ2v) is 7.97. The molecule has 2 heterocycles.